The predicted octanol–water partition coefficient (Wildman–Crippen LogP) is 1.53. The molecule has 0 aliphatic carbocycles. The van der Waals surface area contributed by atoms with Gasteiger partial charge in [-0.3, -0.25) is 4.90 Å². The molecule has 1 saturated heterocycles. The summed E-state index contributed by atoms with van der Waals surface area (Å²) in [5.74, 6) is 1.20. The van der Waals surface area contributed by atoms with Crippen LogP contribution in [0.5, 0.6) is 5.75 Å². The molecule has 1 fully saturated rings. The van der Waals surface area contributed by atoms with E-state index >= 15 is 0 Å². The number of fused-ring (bicyclic) bond motifs is 1. The van der Waals surface area contributed by atoms with Crippen LogP contribution in [0.15, 0.2) is 18.2 Å². The van der Waals surface area contributed by atoms with E-state index in [4.69, 9.17) is 4.74 Å². The van der Waals surface area contributed by atoms with Gasteiger partial charge >= 0.3 is 0 Å². The number of likely N-dealkylation sites (tertiary alicyclic amines) is 1. The predicted molar refractivity (Wildman–Crippen MR) is 86.5 cm³/mol. The summed E-state index contributed by atoms with van der Waals surface area (Å²) >= 11 is 0. The van der Waals surface area contributed by atoms with Crippen LogP contribution in [0, 0.1) is 0 Å². The fraction of sp³-hybridized carbons (Fsp3) is 0.625. The first kappa shape index (κ1) is 15.8. The molecule has 22 heavy (non-hydrogen) atoms. The zero-order chi connectivity index (χ0) is 15.6. The summed E-state index contributed by atoms with van der Waals surface area (Å²) < 4.78 is 31.7. The Morgan fingerprint density at radius 3 is 3.05 bits per heavy atom. The van der Waals surface area contributed by atoms with Crippen molar-refractivity contribution in [2.24, 2.45) is 0 Å². The van der Waals surface area contributed by atoms with E-state index in [2.05, 4.69) is 27.8 Å². The molecule has 2 heterocycles. The number of sulfonamides is 1. The minimum absolute atomic E-state index is 0.115. The van der Waals surface area contributed by atoms with Gasteiger partial charge in [0, 0.05) is 12.6 Å². The van der Waals surface area contributed by atoms with Crippen LogP contribution in [0.3, 0.4) is 0 Å². The number of nitrogens with one attached hydrogen (secondary N) is 1. The third-order valence-corrected chi connectivity index (χ3v) is 6.03. The maximum Gasteiger partial charge on any atom is 0.212 e. The third kappa shape index (κ3) is 3.62. The van der Waals surface area contributed by atoms with Crippen molar-refractivity contribution in [1.82, 2.24) is 9.62 Å². The first-order valence-electron chi connectivity index (χ1n) is 7.97. The molecule has 6 heteroatoms. The summed E-state index contributed by atoms with van der Waals surface area (Å²) in [4.78, 5) is 2.29. The van der Waals surface area contributed by atoms with Crippen LogP contribution in [0.4, 0.5) is 0 Å². The number of hydrogen-bond donors (Lipinski definition) is 1. The second-order valence-electron chi connectivity index (χ2n) is 6.15. The molecule has 1 atom stereocenters. The molecule has 122 valence electrons. The van der Waals surface area contributed by atoms with Crippen LogP contribution in [0.25, 0.3) is 0 Å². The standard InChI is InChI=1S/C16H24N2O3S/c1-17-22(19,20)12-15-5-2-8-18(15)11-13-6-7-16-14(10-13)4-3-9-21-16/h6-7,10,15,17H,2-5,8-9,11-12H2,1H3. The Morgan fingerprint density at radius 1 is 1.36 bits per heavy atom. The van der Waals surface area contributed by atoms with Crippen LogP contribution < -0.4 is 9.46 Å². The van der Waals surface area contributed by atoms with E-state index < -0.39 is 10.0 Å². The highest BCUT2D eigenvalue weighted by atomic mass is 32.2. The van der Waals surface area contributed by atoms with Gasteiger partial charge in [0.2, 0.25) is 10.0 Å². The molecule has 3 rings (SSSR count). The normalized spacial score (nSPS) is 22.3. The first-order valence-corrected chi connectivity index (χ1v) is 9.62. The van der Waals surface area contributed by atoms with Crippen LogP contribution in [0.2, 0.25) is 0 Å². The minimum Gasteiger partial charge on any atom is -0.493 e. The van der Waals surface area contributed by atoms with Crippen molar-refractivity contribution >= 4 is 10.0 Å². The van der Waals surface area contributed by atoms with E-state index in [0.29, 0.717) is 0 Å². The topological polar surface area (TPSA) is 58.6 Å². The molecule has 0 spiro atoms. The van der Waals surface area contributed by atoms with Crippen molar-refractivity contribution in [2.45, 2.75) is 38.3 Å². The van der Waals surface area contributed by atoms with Crippen LogP contribution in [0.1, 0.15) is 30.4 Å². The largest absolute Gasteiger partial charge is 0.493 e. The number of rotatable bonds is 5. The molecule has 5 nitrogen and oxygen atoms in total. The van der Waals surface area contributed by atoms with E-state index in [1.807, 2.05) is 0 Å². The van der Waals surface area contributed by atoms with Crippen LogP contribution in [-0.2, 0) is 23.0 Å². The average Bonchev–Trinajstić information content (AvgIpc) is 2.93. The van der Waals surface area contributed by atoms with E-state index in [9.17, 15) is 8.42 Å². The smallest absolute Gasteiger partial charge is 0.212 e. The monoisotopic (exact) mass is 324 g/mol. The third-order valence-electron chi connectivity index (χ3n) is 4.58. The highest BCUT2D eigenvalue weighted by Crippen LogP contribution is 2.27. The van der Waals surface area contributed by atoms with Gasteiger partial charge in [0.05, 0.1) is 12.4 Å². The molecule has 0 amide bonds. The van der Waals surface area contributed by atoms with E-state index in [-0.39, 0.29) is 11.8 Å². The molecule has 1 aromatic carbocycles. The quantitative estimate of drug-likeness (QED) is 0.892. The summed E-state index contributed by atoms with van der Waals surface area (Å²) in [5, 5.41) is 0. The molecule has 2 aliphatic heterocycles. The van der Waals surface area contributed by atoms with Crippen molar-refractivity contribution in [2.75, 3.05) is 26.0 Å². The molecule has 0 aromatic heterocycles. The van der Waals surface area contributed by atoms with Gasteiger partial charge in [-0.2, -0.15) is 0 Å². The van der Waals surface area contributed by atoms with Gasteiger partial charge in [0.15, 0.2) is 0 Å². The van der Waals surface area contributed by atoms with Gasteiger partial charge in [-0.05, 0) is 56.5 Å². The Kier molecular flexibility index (Phi) is 4.70. The van der Waals surface area contributed by atoms with Gasteiger partial charge in [-0.15, -0.1) is 0 Å². The number of hydrogen-bond acceptors (Lipinski definition) is 4. The van der Waals surface area contributed by atoms with Crippen molar-refractivity contribution < 1.29 is 13.2 Å². The molecule has 0 radical (unpaired) electrons. The van der Waals surface area contributed by atoms with E-state index in [1.54, 1.807) is 0 Å². The molecule has 1 N–H and O–H groups in total. The minimum atomic E-state index is -3.15. The Morgan fingerprint density at radius 2 is 2.23 bits per heavy atom. The van der Waals surface area contributed by atoms with Gasteiger partial charge in [-0.25, -0.2) is 13.1 Å². The highest BCUT2D eigenvalue weighted by molar-refractivity contribution is 7.89. The SMILES string of the molecule is CNS(=O)(=O)CC1CCCN1Cc1ccc2c(c1)CCCO2. The maximum absolute atomic E-state index is 11.8. The van der Waals surface area contributed by atoms with Gasteiger partial charge < -0.3 is 4.74 Å². The molecule has 1 unspecified atom stereocenters. The van der Waals surface area contributed by atoms with E-state index in [0.717, 1.165) is 51.1 Å². The van der Waals surface area contributed by atoms with Gasteiger partial charge in [-0.1, -0.05) is 12.1 Å². The molecule has 0 bridgehead atoms. The lowest BCUT2D eigenvalue weighted by atomic mass is 10.0. The number of ether oxygens (including phenoxy) is 1. The Bertz CT molecular complexity index is 630. The van der Waals surface area contributed by atoms with Crippen LogP contribution >= 0.6 is 0 Å². The second-order valence-corrected chi connectivity index (χ2v) is 8.12. The van der Waals surface area contributed by atoms with Crippen molar-refractivity contribution in [3.05, 3.63) is 29.3 Å². The van der Waals surface area contributed by atoms with Crippen LogP contribution in [-0.4, -0.2) is 45.3 Å². The average molecular weight is 324 g/mol. The first-order chi connectivity index (χ1) is 10.6. The Hall–Kier alpha value is -1.11. The molecule has 0 saturated carbocycles. The van der Waals surface area contributed by atoms with Crippen molar-refractivity contribution in [1.29, 1.82) is 0 Å². The highest BCUT2D eigenvalue weighted by Gasteiger charge is 2.28. The zero-order valence-corrected chi connectivity index (χ0v) is 13.9. The fourth-order valence-electron chi connectivity index (χ4n) is 3.38. The Balaban J connectivity index is 1.69. The zero-order valence-electron chi connectivity index (χ0n) is 13.0. The summed E-state index contributed by atoms with van der Waals surface area (Å²) in [7, 11) is -1.67. The summed E-state index contributed by atoms with van der Waals surface area (Å²) in [6.45, 7) is 2.59. The summed E-state index contributed by atoms with van der Waals surface area (Å²) in [6.07, 6.45) is 4.16. The lowest BCUT2D eigenvalue weighted by Gasteiger charge is -2.25. The Labute approximate surface area is 132 Å². The lowest BCUT2D eigenvalue weighted by Crippen LogP contribution is -2.38. The molecule has 1 aromatic rings. The van der Waals surface area contributed by atoms with E-state index in [1.165, 1.54) is 18.2 Å². The van der Waals surface area contributed by atoms with Crippen molar-refractivity contribution in [3.63, 3.8) is 0 Å². The summed E-state index contributed by atoms with van der Waals surface area (Å²) in [6, 6.07) is 6.49. The van der Waals surface area contributed by atoms with Gasteiger partial charge in [0.25, 0.3) is 0 Å². The van der Waals surface area contributed by atoms with Gasteiger partial charge in [0.1, 0.15) is 5.75 Å². The number of benzene rings is 1. The molecular formula is C16H24N2O3S. The number of nitrogens with zero attached hydrogens (tertiary/aromatic N) is 1. The second kappa shape index (κ2) is 6.56. The maximum atomic E-state index is 11.8. The lowest BCUT2D eigenvalue weighted by molar-refractivity contribution is 0.260. The molecular weight excluding hydrogens is 300 g/mol. The number of aryl methyl sites for hydroxylation is 1. The van der Waals surface area contributed by atoms with Crippen molar-refractivity contribution in [3.8, 4) is 5.75 Å². The molecule has 2 aliphatic rings. The fourth-order valence-corrected chi connectivity index (χ4v) is 4.43. The summed E-state index contributed by atoms with van der Waals surface area (Å²) in [5.41, 5.74) is 2.53.